The Morgan fingerprint density at radius 3 is 2.80 bits per heavy atom. The van der Waals surface area contributed by atoms with Crippen molar-refractivity contribution in [1.29, 1.82) is 0 Å². The molecule has 2 aliphatic rings. The minimum absolute atomic E-state index is 0.0611. The Labute approximate surface area is 177 Å². The Hall–Kier alpha value is -3.15. The maximum absolute atomic E-state index is 12.9. The predicted molar refractivity (Wildman–Crippen MR) is 118 cm³/mol. The molecule has 1 aromatic carbocycles. The van der Waals surface area contributed by atoms with Gasteiger partial charge in [0, 0.05) is 50.2 Å². The average molecular weight is 405 g/mol. The fraction of sp³-hybridized carbons (Fsp3) is 0.375. The molecule has 1 aromatic heterocycles. The SMILES string of the molecule is CC1CCc2ccccc2N1C(=O)CCNC(=O)N1CCC=C(c2ccncc2)C1. The number of pyridine rings is 1. The first kappa shape index (κ1) is 20.1. The number of hydrogen-bond donors (Lipinski definition) is 1. The number of urea groups is 1. The Kier molecular flexibility index (Phi) is 6.12. The van der Waals surface area contributed by atoms with Crippen molar-refractivity contribution in [3.8, 4) is 0 Å². The molecule has 6 nitrogen and oxygen atoms in total. The van der Waals surface area contributed by atoms with Gasteiger partial charge in [0.25, 0.3) is 0 Å². The second kappa shape index (κ2) is 9.11. The lowest BCUT2D eigenvalue weighted by molar-refractivity contribution is -0.119. The standard InChI is InChI=1S/C24H28N4O2/c1-18-8-9-20-5-2-3-7-22(20)28(18)23(29)12-15-26-24(30)27-16-4-6-21(17-27)19-10-13-25-14-11-19/h2-3,5-7,10-11,13-14,18H,4,8-9,12,15-17H2,1H3,(H,26,30). The zero-order valence-electron chi connectivity index (χ0n) is 17.4. The van der Waals surface area contributed by atoms with Crippen LogP contribution in [0.3, 0.4) is 0 Å². The summed E-state index contributed by atoms with van der Waals surface area (Å²) >= 11 is 0. The van der Waals surface area contributed by atoms with Crippen LogP contribution in [0.5, 0.6) is 0 Å². The van der Waals surface area contributed by atoms with Crippen molar-refractivity contribution in [2.24, 2.45) is 0 Å². The smallest absolute Gasteiger partial charge is 0.317 e. The number of hydrogen-bond acceptors (Lipinski definition) is 3. The molecule has 156 valence electrons. The Morgan fingerprint density at radius 2 is 1.97 bits per heavy atom. The third-order valence-corrected chi connectivity index (χ3v) is 5.90. The van der Waals surface area contributed by atoms with Crippen LogP contribution < -0.4 is 10.2 Å². The molecule has 1 unspecified atom stereocenters. The van der Waals surface area contributed by atoms with Gasteiger partial charge in [-0.3, -0.25) is 9.78 Å². The summed E-state index contributed by atoms with van der Waals surface area (Å²) in [4.78, 5) is 33.3. The number of para-hydroxylation sites is 1. The van der Waals surface area contributed by atoms with Crippen LogP contribution in [0.4, 0.5) is 10.5 Å². The lowest BCUT2D eigenvalue weighted by atomic mass is 9.96. The van der Waals surface area contributed by atoms with Crippen LogP contribution in [0.1, 0.15) is 37.3 Å². The number of benzene rings is 1. The molecule has 0 saturated carbocycles. The molecule has 0 spiro atoms. The zero-order chi connectivity index (χ0) is 20.9. The highest BCUT2D eigenvalue weighted by atomic mass is 16.2. The topological polar surface area (TPSA) is 65.5 Å². The van der Waals surface area contributed by atoms with Gasteiger partial charge in [0.1, 0.15) is 0 Å². The first-order valence-electron chi connectivity index (χ1n) is 10.7. The summed E-state index contributed by atoms with van der Waals surface area (Å²) in [5.41, 5.74) is 4.46. The van der Waals surface area contributed by atoms with Crippen LogP contribution in [0, 0.1) is 0 Å². The number of anilines is 1. The minimum Gasteiger partial charge on any atom is -0.337 e. The lowest BCUT2D eigenvalue weighted by Gasteiger charge is -2.35. The van der Waals surface area contributed by atoms with Crippen molar-refractivity contribution in [2.75, 3.05) is 24.5 Å². The molecule has 0 saturated heterocycles. The summed E-state index contributed by atoms with van der Waals surface area (Å²) < 4.78 is 0. The van der Waals surface area contributed by atoms with E-state index in [4.69, 9.17) is 0 Å². The molecule has 30 heavy (non-hydrogen) atoms. The van der Waals surface area contributed by atoms with Crippen molar-refractivity contribution in [1.82, 2.24) is 15.2 Å². The van der Waals surface area contributed by atoms with Gasteiger partial charge in [-0.2, -0.15) is 0 Å². The van der Waals surface area contributed by atoms with Gasteiger partial charge in [-0.05, 0) is 61.1 Å². The number of carbonyl (C=O) groups excluding carboxylic acids is 2. The number of aromatic nitrogens is 1. The highest BCUT2D eigenvalue weighted by Gasteiger charge is 2.27. The summed E-state index contributed by atoms with van der Waals surface area (Å²) in [5.74, 6) is 0.0611. The number of nitrogens with zero attached hydrogens (tertiary/aromatic N) is 3. The van der Waals surface area contributed by atoms with Crippen LogP contribution >= 0.6 is 0 Å². The average Bonchev–Trinajstić information content (AvgIpc) is 2.79. The number of fused-ring (bicyclic) bond motifs is 1. The Morgan fingerprint density at radius 1 is 1.17 bits per heavy atom. The molecule has 2 aromatic rings. The van der Waals surface area contributed by atoms with Crippen molar-refractivity contribution >= 4 is 23.2 Å². The number of nitrogens with one attached hydrogen (secondary N) is 1. The predicted octanol–water partition coefficient (Wildman–Crippen LogP) is 3.64. The van der Waals surface area contributed by atoms with Crippen LogP contribution in [0.25, 0.3) is 5.57 Å². The molecule has 1 atom stereocenters. The molecule has 3 heterocycles. The number of carbonyl (C=O) groups is 2. The molecule has 0 aliphatic carbocycles. The molecular formula is C24H28N4O2. The molecule has 0 bridgehead atoms. The molecule has 1 N–H and O–H groups in total. The first-order valence-corrected chi connectivity index (χ1v) is 10.7. The van der Waals surface area contributed by atoms with Gasteiger partial charge in [0.2, 0.25) is 5.91 Å². The van der Waals surface area contributed by atoms with E-state index in [1.54, 1.807) is 17.3 Å². The summed E-state index contributed by atoms with van der Waals surface area (Å²) in [6.07, 6.45) is 8.80. The third-order valence-electron chi connectivity index (χ3n) is 5.90. The largest absolute Gasteiger partial charge is 0.337 e. The van der Waals surface area contributed by atoms with Crippen LogP contribution in [0.15, 0.2) is 54.9 Å². The van der Waals surface area contributed by atoms with E-state index >= 15 is 0 Å². The molecular weight excluding hydrogens is 376 g/mol. The molecule has 0 radical (unpaired) electrons. The molecule has 2 aliphatic heterocycles. The summed E-state index contributed by atoms with van der Waals surface area (Å²) in [6, 6.07) is 12.1. The highest BCUT2D eigenvalue weighted by molar-refractivity contribution is 5.95. The van der Waals surface area contributed by atoms with Crippen LogP contribution in [-0.2, 0) is 11.2 Å². The summed E-state index contributed by atoms with van der Waals surface area (Å²) in [5, 5.41) is 2.93. The van der Waals surface area contributed by atoms with Gasteiger partial charge in [-0.15, -0.1) is 0 Å². The van der Waals surface area contributed by atoms with Gasteiger partial charge in [-0.25, -0.2) is 4.79 Å². The second-order valence-corrected chi connectivity index (χ2v) is 7.94. The van der Waals surface area contributed by atoms with Gasteiger partial charge >= 0.3 is 6.03 Å². The number of aryl methyl sites for hydroxylation is 1. The van der Waals surface area contributed by atoms with Crippen molar-refractivity contribution in [3.63, 3.8) is 0 Å². The Bertz CT molecular complexity index is 941. The zero-order valence-corrected chi connectivity index (χ0v) is 17.4. The monoisotopic (exact) mass is 404 g/mol. The van der Waals surface area contributed by atoms with Crippen LogP contribution in [0.2, 0.25) is 0 Å². The lowest BCUT2D eigenvalue weighted by Crippen LogP contribution is -2.45. The minimum atomic E-state index is -0.116. The third kappa shape index (κ3) is 4.37. The maximum Gasteiger partial charge on any atom is 0.317 e. The van der Waals surface area contributed by atoms with E-state index in [1.165, 1.54) is 5.56 Å². The van der Waals surface area contributed by atoms with Gasteiger partial charge in [0.05, 0.1) is 0 Å². The van der Waals surface area contributed by atoms with E-state index in [0.717, 1.165) is 36.1 Å². The van der Waals surface area contributed by atoms with E-state index in [2.05, 4.69) is 29.4 Å². The molecule has 3 amide bonds. The van der Waals surface area contributed by atoms with E-state index in [-0.39, 0.29) is 18.0 Å². The number of amides is 3. The second-order valence-electron chi connectivity index (χ2n) is 7.94. The number of rotatable bonds is 4. The van der Waals surface area contributed by atoms with Crippen molar-refractivity contribution < 1.29 is 9.59 Å². The quantitative estimate of drug-likeness (QED) is 0.846. The van der Waals surface area contributed by atoms with E-state index < -0.39 is 0 Å². The fourth-order valence-corrected chi connectivity index (χ4v) is 4.27. The normalized spacial score (nSPS) is 18.4. The summed E-state index contributed by atoms with van der Waals surface area (Å²) in [7, 11) is 0. The van der Waals surface area contributed by atoms with Crippen LogP contribution in [-0.4, -0.2) is 47.5 Å². The fourth-order valence-electron chi connectivity index (χ4n) is 4.27. The van der Waals surface area contributed by atoms with E-state index in [1.807, 2.05) is 35.2 Å². The van der Waals surface area contributed by atoms with Gasteiger partial charge in [-0.1, -0.05) is 24.3 Å². The van der Waals surface area contributed by atoms with E-state index in [9.17, 15) is 9.59 Å². The summed E-state index contributed by atoms with van der Waals surface area (Å²) in [6.45, 7) is 3.69. The molecule has 0 fully saturated rings. The van der Waals surface area contributed by atoms with E-state index in [0.29, 0.717) is 26.1 Å². The van der Waals surface area contributed by atoms with Crippen molar-refractivity contribution in [2.45, 2.75) is 38.6 Å². The molecule has 6 heteroatoms. The van der Waals surface area contributed by atoms with Gasteiger partial charge < -0.3 is 15.1 Å². The molecule has 4 rings (SSSR count). The van der Waals surface area contributed by atoms with Gasteiger partial charge in [0.15, 0.2) is 0 Å². The Balaban J connectivity index is 1.31. The van der Waals surface area contributed by atoms with Crippen molar-refractivity contribution in [3.05, 3.63) is 66.0 Å². The highest BCUT2D eigenvalue weighted by Crippen LogP contribution is 2.30. The maximum atomic E-state index is 12.9. The first-order chi connectivity index (χ1) is 14.6.